The van der Waals surface area contributed by atoms with Crippen LogP contribution in [0.5, 0.6) is 5.75 Å². The van der Waals surface area contributed by atoms with E-state index in [2.05, 4.69) is 42.8 Å². The normalized spacial score (nSPS) is 16.0. The predicted molar refractivity (Wildman–Crippen MR) is 288 cm³/mol. The van der Waals surface area contributed by atoms with Crippen molar-refractivity contribution in [3.05, 3.63) is 83.6 Å². The molecule has 396 valence electrons. The number of carbonyl (C=O) groups excluding carboxylic acids is 4. The smallest absolute Gasteiger partial charge is 0.246 e. The van der Waals surface area contributed by atoms with Gasteiger partial charge in [0, 0.05) is 107 Å². The highest BCUT2D eigenvalue weighted by molar-refractivity contribution is 7.13. The van der Waals surface area contributed by atoms with E-state index in [9.17, 15) is 19.2 Å². The first-order valence-corrected chi connectivity index (χ1v) is 27.0. The summed E-state index contributed by atoms with van der Waals surface area (Å²) >= 11 is 1.60. The molecular weight excluding hydrogens is 945 g/mol. The number of Topliss-reactive ketones (excluding diaryl/α,β-unsaturated/α-hetero) is 1. The van der Waals surface area contributed by atoms with Crippen molar-refractivity contribution in [2.24, 2.45) is 23.2 Å². The van der Waals surface area contributed by atoms with Gasteiger partial charge in [0.1, 0.15) is 18.2 Å². The van der Waals surface area contributed by atoms with Crippen molar-refractivity contribution in [3.63, 3.8) is 0 Å². The van der Waals surface area contributed by atoms with E-state index in [4.69, 9.17) is 18.9 Å². The second-order valence-corrected chi connectivity index (χ2v) is 21.0. The molecule has 2 fully saturated rings. The molecule has 2 aromatic carbocycles. The summed E-state index contributed by atoms with van der Waals surface area (Å²) in [7, 11) is 1.88. The Morgan fingerprint density at radius 1 is 0.863 bits per heavy atom. The van der Waals surface area contributed by atoms with Crippen molar-refractivity contribution >= 4 is 58.4 Å². The van der Waals surface area contributed by atoms with E-state index in [1.807, 2.05) is 93.7 Å². The number of nitrogens with zero attached hydrogens (tertiary/aromatic N) is 4. The first kappa shape index (κ1) is 56.5. The monoisotopic (exact) mass is 1020 g/mol. The van der Waals surface area contributed by atoms with Gasteiger partial charge >= 0.3 is 0 Å². The van der Waals surface area contributed by atoms with Crippen LogP contribution in [0.4, 0.5) is 17.5 Å². The Bertz CT molecular complexity index is 2390. The number of carbonyl (C=O) groups is 4. The first-order chi connectivity index (χ1) is 35.3. The Kier molecular flexibility index (Phi) is 22.6. The van der Waals surface area contributed by atoms with Crippen molar-refractivity contribution in [1.82, 2.24) is 30.5 Å². The third kappa shape index (κ3) is 18.0. The molecular formula is C56H78N8O8S. The fourth-order valence-electron chi connectivity index (χ4n) is 8.95. The number of hydrogen-bond donors (Lipinski definition) is 4. The van der Waals surface area contributed by atoms with Crippen LogP contribution in [0.1, 0.15) is 108 Å². The number of hydrogen-bond acceptors (Lipinski definition) is 14. The molecule has 16 nitrogen and oxygen atoms in total. The molecule has 0 spiro atoms. The van der Waals surface area contributed by atoms with Crippen LogP contribution in [-0.4, -0.2) is 116 Å². The number of ether oxygens (including phenoxy) is 4. The molecule has 4 N–H and O–H groups in total. The van der Waals surface area contributed by atoms with E-state index in [1.54, 1.807) is 23.6 Å². The van der Waals surface area contributed by atoms with E-state index in [-0.39, 0.29) is 36.0 Å². The van der Waals surface area contributed by atoms with Gasteiger partial charge in [-0.25, -0.2) is 9.97 Å². The number of unbranched alkanes of at least 4 members (excludes halogenated alkanes) is 1. The number of thiazole rings is 1. The number of nitrogens with one attached hydrogen (secondary N) is 4. The molecule has 0 aliphatic heterocycles. The van der Waals surface area contributed by atoms with Crippen molar-refractivity contribution in [1.29, 1.82) is 0 Å². The van der Waals surface area contributed by atoms with Crippen molar-refractivity contribution in [2.75, 3.05) is 77.0 Å². The van der Waals surface area contributed by atoms with Gasteiger partial charge < -0.3 is 45.1 Å². The number of aromatic nitrogens is 3. The van der Waals surface area contributed by atoms with Crippen LogP contribution in [0, 0.1) is 30.1 Å². The van der Waals surface area contributed by atoms with Gasteiger partial charge in [0.15, 0.2) is 5.78 Å². The molecule has 17 heteroatoms. The maximum Gasteiger partial charge on any atom is 0.246 e. The molecule has 0 bridgehead atoms. The number of rotatable bonds is 32. The average Bonchev–Trinajstić information content (AvgIpc) is 4.04. The average molecular weight is 1020 g/mol. The van der Waals surface area contributed by atoms with Crippen LogP contribution >= 0.6 is 11.3 Å². The summed E-state index contributed by atoms with van der Waals surface area (Å²) in [5.74, 6) is 0.846. The van der Waals surface area contributed by atoms with Gasteiger partial charge in [0.2, 0.25) is 23.7 Å². The zero-order chi connectivity index (χ0) is 52.0. The SMILES string of the molecule is C=Cc1cnc(Nc2cccc(OCCCOCCCCOCCCOCC(=O)NC(C(=O)C3CCC[C@H]3C(=O)NCc3ccc(-c4scnc4C)cc3)C(C)(C)C)c2)nc1NCCCN(C)C(=O)C1CCC1. The lowest BCUT2D eigenvalue weighted by Gasteiger charge is -2.33. The summed E-state index contributed by atoms with van der Waals surface area (Å²) in [6.07, 6.45) is 12.6. The highest BCUT2D eigenvalue weighted by Gasteiger charge is 2.44. The van der Waals surface area contributed by atoms with Gasteiger partial charge in [0.25, 0.3) is 0 Å². The van der Waals surface area contributed by atoms with E-state index < -0.39 is 23.3 Å². The second kappa shape index (κ2) is 29.2. The summed E-state index contributed by atoms with van der Waals surface area (Å²) in [4.78, 5) is 69.3. The highest BCUT2D eigenvalue weighted by atomic mass is 32.1. The van der Waals surface area contributed by atoms with Gasteiger partial charge in [0.05, 0.1) is 28.7 Å². The number of anilines is 3. The second-order valence-electron chi connectivity index (χ2n) is 20.2. The maximum absolute atomic E-state index is 14.0. The zero-order valence-electron chi connectivity index (χ0n) is 43.7. The summed E-state index contributed by atoms with van der Waals surface area (Å²) in [6, 6.07) is 15.0. The summed E-state index contributed by atoms with van der Waals surface area (Å²) < 4.78 is 23.2. The molecule has 6 rings (SSSR count). The Morgan fingerprint density at radius 3 is 2.25 bits per heavy atom. The van der Waals surface area contributed by atoms with Crippen molar-refractivity contribution in [2.45, 2.75) is 111 Å². The van der Waals surface area contributed by atoms with Crippen LogP contribution in [-0.2, 0) is 39.9 Å². The number of ketones is 1. The van der Waals surface area contributed by atoms with Gasteiger partial charge in [-0.15, -0.1) is 11.3 Å². The quantitative estimate of drug-likeness (QED) is 0.0339. The fraction of sp³-hybridized carbons (Fsp3) is 0.554. The molecule has 2 heterocycles. The molecule has 2 aromatic heterocycles. The molecule has 0 saturated heterocycles. The van der Waals surface area contributed by atoms with E-state index in [1.165, 1.54) is 0 Å². The zero-order valence-corrected chi connectivity index (χ0v) is 44.5. The van der Waals surface area contributed by atoms with Gasteiger partial charge in [-0.05, 0) is 87.0 Å². The molecule has 0 radical (unpaired) electrons. The summed E-state index contributed by atoms with van der Waals surface area (Å²) in [5, 5.41) is 12.6. The van der Waals surface area contributed by atoms with E-state index in [0.29, 0.717) is 90.3 Å². The number of benzene rings is 2. The van der Waals surface area contributed by atoms with E-state index in [0.717, 1.165) is 90.1 Å². The van der Waals surface area contributed by atoms with Gasteiger partial charge in [-0.1, -0.05) is 76.6 Å². The lowest BCUT2D eigenvalue weighted by molar-refractivity contribution is -0.138. The summed E-state index contributed by atoms with van der Waals surface area (Å²) in [5.41, 5.74) is 5.97. The lowest BCUT2D eigenvalue weighted by Crippen LogP contribution is -2.53. The Labute approximate surface area is 436 Å². The molecule has 2 saturated carbocycles. The van der Waals surface area contributed by atoms with Crippen molar-refractivity contribution < 1.29 is 38.1 Å². The molecule has 3 amide bonds. The Morgan fingerprint density at radius 2 is 1.56 bits per heavy atom. The Hall–Kier alpha value is -5.75. The summed E-state index contributed by atoms with van der Waals surface area (Å²) in [6.45, 7) is 16.5. The highest BCUT2D eigenvalue weighted by Crippen LogP contribution is 2.36. The minimum absolute atomic E-state index is 0.0976. The standard InChI is InChI=1S/C56H78N8O8S/c1-7-41-36-59-55(63-52(41)57-26-13-27-64(6)54(68)43-16-10-17-43)61-44-18-11-19-45(34-44)72-33-15-31-70-29-9-8-28-69-30-14-32-71-37-48(65)62-51(56(3,4)5)49(66)46-20-12-21-47(46)53(67)58-35-40-22-24-42(25-23-40)50-39(2)60-38-73-50/h7,11,18-19,22-25,34,36,38,43,46-47,51H,1,8-10,12-17,20-21,26-33,35,37H2,2-6H3,(H,58,67)(H,62,65)(H2,57,59,61,63)/t46?,47-,51?/m1/s1. The molecule has 3 atom stereocenters. The Balaban J connectivity index is 0.771. The first-order valence-electron chi connectivity index (χ1n) is 26.1. The van der Waals surface area contributed by atoms with Crippen molar-refractivity contribution in [3.8, 4) is 16.2 Å². The molecule has 2 aliphatic carbocycles. The minimum Gasteiger partial charge on any atom is -0.493 e. The molecule has 2 unspecified atom stereocenters. The van der Waals surface area contributed by atoms with Crippen LogP contribution in [0.25, 0.3) is 16.5 Å². The van der Waals surface area contributed by atoms with Crippen LogP contribution in [0.15, 0.2) is 66.8 Å². The van der Waals surface area contributed by atoms with E-state index >= 15 is 0 Å². The largest absolute Gasteiger partial charge is 0.493 e. The molecule has 4 aromatic rings. The minimum atomic E-state index is -0.746. The third-order valence-corrected chi connectivity index (χ3v) is 14.3. The topological polar surface area (TPSA) is 195 Å². The number of aryl methyl sites for hydroxylation is 1. The third-order valence-electron chi connectivity index (χ3n) is 13.4. The molecule has 2 aliphatic rings. The van der Waals surface area contributed by atoms with Crippen LogP contribution in [0.3, 0.4) is 0 Å². The van der Waals surface area contributed by atoms with Crippen LogP contribution in [0.2, 0.25) is 0 Å². The molecule has 73 heavy (non-hydrogen) atoms. The number of amides is 3. The maximum atomic E-state index is 14.0. The predicted octanol–water partition coefficient (Wildman–Crippen LogP) is 9.18. The fourth-order valence-corrected chi connectivity index (χ4v) is 9.76. The van der Waals surface area contributed by atoms with Gasteiger partial charge in [-0.2, -0.15) is 4.98 Å². The van der Waals surface area contributed by atoms with Gasteiger partial charge in [-0.3, -0.25) is 19.2 Å². The van der Waals surface area contributed by atoms with Crippen LogP contribution < -0.4 is 26.0 Å². The lowest BCUT2D eigenvalue weighted by atomic mass is 9.77.